The molecule has 0 aromatic heterocycles. The van der Waals surface area contributed by atoms with Gasteiger partial charge in [-0.05, 0) is 42.9 Å². The van der Waals surface area contributed by atoms with Crippen molar-refractivity contribution in [3.63, 3.8) is 0 Å². The molecule has 10 heteroatoms. The molecule has 2 aromatic carbocycles. The Morgan fingerprint density at radius 3 is 2.34 bits per heavy atom. The maximum atomic E-state index is 12.8. The van der Waals surface area contributed by atoms with Gasteiger partial charge in [0.1, 0.15) is 5.75 Å². The Balaban J connectivity index is 0.00000300. The molecule has 1 aliphatic heterocycles. The van der Waals surface area contributed by atoms with E-state index in [4.69, 9.17) is 27.9 Å². The second-order valence-electron chi connectivity index (χ2n) is 6.70. The number of methoxy groups -OCH3 is 1. The van der Waals surface area contributed by atoms with E-state index >= 15 is 0 Å². The molecule has 0 spiro atoms. The highest BCUT2D eigenvalue weighted by molar-refractivity contribution is 7.89. The lowest BCUT2D eigenvalue weighted by Crippen LogP contribution is -2.44. The van der Waals surface area contributed by atoms with Crippen LogP contribution in [-0.2, 0) is 16.6 Å². The van der Waals surface area contributed by atoms with Gasteiger partial charge in [0.2, 0.25) is 10.0 Å². The number of hydrogen-bond acceptors (Lipinski definition) is 5. The summed E-state index contributed by atoms with van der Waals surface area (Å²) >= 11 is 11.9. The van der Waals surface area contributed by atoms with E-state index in [2.05, 4.69) is 21.6 Å². The molecule has 1 N–H and O–H groups in total. The average molecular weight is 481 g/mol. The summed E-state index contributed by atoms with van der Waals surface area (Å²) in [4.78, 5) is 4.58. The summed E-state index contributed by atoms with van der Waals surface area (Å²) in [7, 11) is -0.0364. The summed E-state index contributed by atoms with van der Waals surface area (Å²) in [5, 5.41) is 0.820. The third kappa shape index (κ3) is 5.90. The van der Waals surface area contributed by atoms with Crippen LogP contribution < -0.4 is 14.4 Å². The topological polar surface area (TPSA) is 61.9 Å². The van der Waals surface area contributed by atoms with Crippen molar-refractivity contribution in [2.75, 3.05) is 45.2 Å². The van der Waals surface area contributed by atoms with Gasteiger partial charge in [-0.1, -0.05) is 29.3 Å². The lowest BCUT2D eigenvalue weighted by molar-refractivity contribution is 0.311. The van der Waals surface area contributed by atoms with Gasteiger partial charge >= 0.3 is 0 Å². The number of ether oxygens (including phenoxy) is 1. The average Bonchev–Trinajstić information content (AvgIpc) is 2.69. The lowest BCUT2D eigenvalue weighted by Gasteiger charge is -2.34. The van der Waals surface area contributed by atoms with E-state index in [1.54, 1.807) is 43.5 Å². The van der Waals surface area contributed by atoms with Crippen LogP contribution in [0.4, 0.5) is 5.69 Å². The summed E-state index contributed by atoms with van der Waals surface area (Å²) in [5.41, 5.74) is 1.51. The highest BCUT2D eigenvalue weighted by Crippen LogP contribution is 2.31. The maximum absolute atomic E-state index is 12.8. The molecular formula is C19H24Cl3N3O3S. The largest absolute Gasteiger partial charge is 0.495 e. The van der Waals surface area contributed by atoms with Crippen LogP contribution in [0.25, 0.3) is 0 Å². The molecule has 3 rings (SSSR count). The van der Waals surface area contributed by atoms with Crippen LogP contribution in [0.3, 0.4) is 0 Å². The molecule has 6 nitrogen and oxygen atoms in total. The molecule has 0 radical (unpaired) electrons. The minimum absolute atomic E-state index is 0. The van der Waals surface area contributed by atoms with E-state index in [1.807, 2.05) is 0 Å². The van der Waals surface area contributed by atoms with E-state index in [-0.39, 0.29) is 23.8 Å². The zero-order valence-corrected chi connectivity index (χ0v) is 19.3. The highest BCUT2D eigenvalue weighted by Gasteiger charge is 2.21. The normalized spacial score (nSPS) is 15.1. The molecule has 0 unspecified atom stereocenters. The van der Waals surface area contributed by atoms with Gasteiger partial charge in [-0.3, -0.25) is 0 Å². The molecule has 0 bridgehead atoms. The zero-order valence-electron chi connectivity index (χ0n) is 16.2. The van der Waals surface area contributed by atoms with Crippen molar-refractivity contribution in [2.24, 2.45) is 0 Å². The first-order valence-corrected chi connectivity index (χ1v) is 11.1. The second-order valence-corrected chi connectivity index (χ2v) is 9.28. The number of anilines is 1. The molecule has 1 saturated heterocycles. The van der Waals surface area contributed by atoms with Crippen molar-refractivity contribution in [3.8, 4) is 5.75 Å². The minimum Gasteiger partial charge on any atom is -0.495 e. The molecule has 0 aliphatic carbocycles. The molecule has 1 fully saturated rings. The molecule has 1 aliphatic rings. The van der Waals surface area contributed by atoms with Gasteiger partial charge in [0.15, 0.2) is 0 Å². The molecular weight excluding hydrogens is 457 g/mol. The molecule has 0 atom stereocenters. The van der Waals surface area contributed by atoms with Crippen LogP contribution in [0.2, 0.25) is 10.0 Å². The fourth-order valence-corrected chi connectivity index (χ4v) is 4.40. The smallest absolute Gasteiger partial charge is 0.240 e. The first kappa shape index (κ1) is 24.1. The zero-order chi connectivity index (χ0) is 20.3. The molecule has 2 aromatic rings. The van der Waals surface area contributed by atoms with Gasteiger partial charge in [-0.25, -0.2) is 13.1 Å². The van der Waals surface area contributed by atoms with Crippen molar-refractivity contribution in [1.82, 2.24) is 9.62 Å². The van der Waals surface area contributed by atoms with E-state index < -0.39 is 10.0 Å². The molecule has 0 amide bonds. The number of rotatable bonds is 6. The van der Waals surface area contributed by atoms with E-state index in [1.165, 1.54) is 0 Å². The fraction of sp³-hybridized carbons (Fsp3) is 0.368. The summed E-state index contributed by atoms with van der Waals surface area (Å²) in [6, 6.07) is 9.95. The Morgan fingerprint density at radius 1 is 1.03 bits per heavy atom. The van der Waals surface area contributed by atoms with Crippen LogP contribution in [0.1, 0.15) is 5.56 Å². The third-order valence-electron chi connectivity index (χ3n) is 4.75. The predicted molar refractivity (Wildman–Crippen MR) is 120 cm³/mol. The Morgan fingerprint density at radius 2 is 1.72 bits per heavy atom. The third-order valence-corrected chi connectivity index (χ3v) is 6.89. The van der Waals surface area contributed by atoms with Crippen molar-refractivity contribution in [2.45, 2.75) is 11.4 Å². The number of nitrogens with one attached hydrogen (secondary N) is 1. The summed E-state index contributed by atoms with van der Waals surface area (Å²) in [6.07, 6.45) is 0. The number of halogens is 3. The number of likely N-dealkylation sites (N-methyl/N-ethyl adjacent to an activating group) is 1. The summed E-state index contributed by atoms with van der Waals surface area (Å²) in [5.74, 6) is 0.660. The predicted octanol–water partition coefficient (Wildman–Crippen LogP) is 3.65. The second kappa shape index (κ2) is 10.2. The van der Waals surface area contributed by atoms with Gasteiger partial charge in [-0.2, -0.15) is 0 Å². The van der Waals surface area contributed by atoms with Crippen LogP contribution >= 0.6 is 35.6 Å². The van der Waals surface area contributed by atoms with Crippen molar-refractivity contribution in [3.05, 3.63) is 52.0 Å². The summed E-state index contributed by atoms with van der Waals surface area (Å²) in [6.45, 7) is 3.57. The Bertz CT molecular complexity index is 949. The van der Waals surface area contributed by atoms with Crippen molar-refractivity contribution < 1.29 is 13.2 Å². The van der Waals surface area contributed by atoms with Gasteiger partial charge in [0.05, 0.1) is 27.7 Å². The number of hydrogen-bond donors (Lipinski definition) is 1. The van der Waals surface area contributed by atoms with Crippen LogP contribution in [0, 0.1) is 0 Å². The van der Waals surface area contributed by atoms with Crippen molar-refractivity contribution >= 4 is 51.3 Å². The van der Waals surface area contributed by atoms with Crippen LogP contribution in [0.15, 0.2) is 41.3 Å². The Hall–Kier alpha value is -1.22. The van der Waals surface area contributed by atoms with Gasteiger partial charge in [-0.15, -0.1) is 12.4 Å². The van der Waals surface area contributed by atoms with Gasteiger partial charge in [0, 0.05) is 32.7 Å². The SMILES string of the molecule is COc1ccc(S(=O)(=O)NCc2ccc(Cl)c(Cl)c2)cc1N1CCN(C)CC1.Cl. The van der Waals surface area contributed by atoms with Crippen LogP contribution in [0.5, 0.6) is 5.75 Å². The first-order valence-electron chi connectivity index (χ1n) is 8.85. The molecule has 1 heterocycles. The number of benzene rings is 2. The van der Waals surface area contributed by atoms with Crippen LogP contribution in [-0.4, -0.2) is 53.7 Å². The minimum atomic E-state index is -3.70. The molecule has 0 saturated carbocycles. The number of nitrogens with zero attached hydrogens (tertiary/aromatic N) is 2. The number of piperazine rings is 1. The standard InChI is InChI=1S/C19H23Cl2N3O3S.ClH/c1-23-7-9-24(10-8-23)18-12-15(4-6-19(18)27-2)28(25,26)22-13-14-3-5-16(20)17(21)11-14;/h3-6,11-12,22H,7-10,13H2,1-2H3;1H. The Kier molecular flexibility index (Phi) is 8.46. The maximum Gasteiger partial charge on any atom is 0.240 e. The highest BCUT2D eigenvalue weighted by atomic mass is 35.5. The van der Waals surface area contributed by atoms with Gasteiger partial charge < -0.3 is 14.5 Å². The fourth-order valence-electron chi connectivity index (χ4n) is 3.04. The quantitative estimate of drug-likeness (QED) is 0.684. The van der Waals surface area contributed by atoms with Gasteiger partial charge in [0.25, 0.3) is 0 Å². The Labute approximate surface area is 188 Å². The summed E-state index contributed by atoms with van der Waals surface area (Å²) < 4.78 is 33.7. The van der Waals surface area contributed by atoms with E-state index in [9.17, 15) is 8.42 Å². The monoisotopic (exact) mass is 479 g/mol. The first-order chi connectivity index (χ1) is 13.3. The number of sulfonamides is 1. The van der Waals surface area contributed by atoms with E-state index in [0.717, 1.165) is 37.4 Å². The molecule has 160 valence electrons. The van der Waals surface area contributed by atoms with E-state index in [0.29, 0.717) is 15.8 Å². The molecule has 29 heavy (non-hydrogen) atoms. The van der Waals surface area contributed by atoms with Crippen molar-refractivity contribution in [1.29, 1.82) is 0 Å². The lowest BCUT2D eigenvalue weighted by atomic mass is 10.2.